The molecule has 5 nitrogen and oxygen atoms in total. The van der Waals surface area contributed by atoms with Gasteiger partial charge in [0.1, 0.15) is 0 Å². The summed E-state index contributed by atoms with van der Waals surface area (Å²) in [6, 6.07) is 1.97. The van der Waals surface area contributed by atoms with Gasteiger partial charge < -0.3 is 0 Å². The Morgan fingerprint density at radius 3 is 3.09 bits per heavy atom. The molecule has 0 amide bonds. The van der Waals surface area contributed by atoms with Gasteiger partial charge >= 0.3 is 5.76 Å². The number of nitriles is 1. The second kappa shape index (κ2) is 3.01. The molecule has 1 N–H and O–H groups in total. The summed E-state index contributed by atoms with van der Waals surface area (Å²) in [6.45, 7) is 1.79. The van der Waals surface area contributed by atoms with Gasteiger partial charge in [0.15, 0.2) is 5.82 Å². The number of nitrogens with zero attached hydrogens (tertiary/aromatic N) is 2. The van der Waals surface area contributed by atoms with Crippen molar-refractivity contribution in [2.75, 3.05) is 0 Å². The molecule has 0 radical (unpaired) electrons. The highest BCUT2D eigenvalue weighted by atomic mass is 16.5. The molecule has 1 aromatic heterocycles. The third kappa shape index (κ3) is 1.67. The molecule has 1 unspecified atom stereocenters. The molecule has 0 aliphatic heterocycles. The number of aromatic amines is 1. The topological polar surface area (TPSA) is 82.7 Å². The average Bonchev–Trinajstić information content (AvgIpc) is 2.36. The van der Waals surface area contributed by atoms with E-state index in [1.54, 1.807) is 6.92 Å². The minimum absolute atomic E-state index is 0.0774. The van der Waals surface area contributed by atoms with E-state index >= 15 is 0 Å². The number of H-pyrrole nitrogens is 1. The lowest BCUT2D eigenvalue weighted by molar-refractivity contribution is 0.378. The molecular formula is C6H7N3O2. The maximum atomic E-state index is 10.4. The third-order valence-electron chi connectivity index (χ3n) is 1.32. The predicted octanol–water partition coefficient (Wildman–Crippen LogP) is 0.380. The van der Waals surface area contributed by atoms with E-state index in [4.69, 9.17) is 5.26 Å². The molecule has 0 aliphatic rings. The zero-order chi connectivity index (χ0) is 8.27. The first-order valence-corrected chi connectivity index (χ1v) is 3.17. The first-order chi connectivity index (χ1) is 5.24. The van der Waals surface area contributed by atoms with Crippen molar-refractivity contribution in [2.45, 2.75) is 19.3 Å². The average molecular weight is 153 g/mol. The van der Waals surface area contributed by atoms with Crippen LogP contribution < -0.4 is 5.76 Å². The van der Waals surface area contributed by atoms with Gasteiger partial charge in [-0.05, 0) is 0 Å². The van der Waals surface area contributed by atoms with Gasteiger partial charge in [0.25, 0.3) is 0 Å². The molecule has 0 saturated heterocycles. The van der Waals surface area contributed by atoms with Gasteiger partial charge in [-0.3, -0.25) is 9.51 Å². The maximum absolute atomic E-state index is 10.4. The normalized spacial score (nSPS) is 12.4. The maximum Gasteiger partial charge on any atom is 0.438 e. The van der Waals surface area contributed by atoms with Gasteiger partial charge in [0.05, 0.1) is 6.07 Å². The first-order valence-electron chi connectivity index (χ1n) is 3.17. The summed E-state index contributed by atoms with van der Waals surface area (Å²) in [4.78, 5) is 12.8. The summed E-state index contributed by atoms with van der Waals surface area (Å²) in [7, 11) is 0. The van der Waals surface area contributed by atoms with E-state index in [0.29, 0.717) is 12.2 Å². The highest BCUT2D eigenvalue weighted by molar-refractivity contribution is 4.93. The number of rotatable bonds is 2. The number of aromatic nitrogens is 2. The first kappa shape index (κ1) is 7.54. The molecule has 0 aromatic carbocycles. The van der Waals surface area contributed by atoms with Crippen LogP contribution in [-0.4, -0.2) is 10.1 Å². The Bertz CT molecular complexity index is 319. The van der Waals surface area contributed by atoms with E-state index in [1.165, 1.54) is 0 Å². The number of hydrogen-bond donors (Lipinski definition) is 1. The standard InChI is InChI=1S/C6H7N3O2/c1-4(2-3-7)5-8-6(10)11-9-5/h4H,2H2,1H3,(H,8,9,10). The Kier molecular flexibility index (Phi) is 2.06. The fourth-order valence-electron chi connectivity index (χ4n) is 0.688. The second-order valence-electron chi connectivity index (χ2n) is 2.24. The molecule has 1 rings (SSSR count). The van der Waals surface area contributed by atoms with Crippen molar-refractivity contribution in [3.63, 3.8) is 0 Å². The molecule has 1 atom stereocenters. The lowest BCUT2D eigenvalue weighted by atomic mass is 10.1. The van der Waals surface area contributed by atoms with E-state index in [2.05, 4.69) is 14.7 Å². The van der Waals surface area contributed by atoms with Crippen LogP contribution in [0, 0.1) is 11.3 Å². The van der Waals surface area contributed by atoms with Gasteiger partial charge in [-0.25, -0.2) is 4.79 Å². The van der Waals surface area contributed by atoms with Crippen molar-refractivity contribution >= 4 is 0 Å². The van der Waals surface area contributed by atoms with Crippen molar-refractivity contribution in [3.05, 3.63) is 16.4 Å². The fourth-order valence-corrected chi connectivity index (χ4v) is 0.688. The van der Waals surface area contributed by atoms with Crippen LogP contribution in [0.15, 0.2) is 9.32 Å². The summed E-state index contributed by atoms with van der Waals surface area (Å²) in [6.07, 6.45) is 0.322. The summed E-state index contributed by atoms with van der Waals surface area (Å²) in [5.41, 5.74) is 0. The van der Waals surface area contributed by atoms with E-state index < -0.39 is 5.76 Å². The molecule has 0 saturated carbocycles. The van der Waals surface area contributed by atoms with Gasteiger partial charge in [0.2, 0.25) is 0 Å². The van der Waals surface area contributed by atoms with E-state index in [0.717, 1.165) is 0 Å². The highest BCUT2D eigenvalue weighted by Gasteiger charge is 2.09. The second-order valence-corrected chi connectivity index (χ2v) is 2.24. The quantitative estimate of drug-likeness (QED) is 0.665. The van der Waals surface area contributed by atoms with Crippen LogP contribution in [0.4, 0.5) is 0 Å². The molecule has 58 valence electrons. The van der Waals surface area contributed by atoms with E-state index in [1.807, 2.05) is 6.07 Å². The molecule has 1 aromatic rings. The molecule has 5 heteroatoms. The zero-order valence-electron chi connectivity index (χ0n) is 6.00. The highest BCUT2D eigenvalue weighted by Crippen LogP contribution is 2.11. The van der Waals surface area contributed by atoms with Crippen molar-refractivity contribution in [1.82, 2.24) is 10.1 Å². The van der Waals surface area contributed by atoms with Gasteiger partial charge in [-0.1, -0.05) is 12.1 Å². The Balaban J connectivity index is 2.78. The van der Waals surface area contributed by atoms with Crippen molar-refractivity contribution < 1.29 is 4.52 Å². The van der Waals surface area contributed by atoms with E-state index in [-0.39, 0.29) is 5.92 Å². The zero-order valence-corrected chi connectivity index (χ0v) is 6.00. The van der Waals surface area contributed by atoms with Gasteiger partial charge in [0, 0.05) is 12.3 Å². The Hall–Kier alpha value is -1.57. The predicted molar refractivity (Wildman–Crippen MR) is 35.8 cm³/mol. The molecule has 11 heavy (non-hydrogen) atoms. The lowest BCUT2D eigenvalue weighted by Crippen LogP contribution is -2.00. The van der Waals surface area contributed by atoms with Crippen molar-refractivity contribution in [3.8, 4) is 6.07 Å². The molecule has 0 bridgehead atoms. The van der Waals surface area contributed by atoms with Crippen LogP contribution in [0.5, 0.6) is 0 Å². The molecule has 0 aliphatic carbocycles. The van der Waals surface area contributed by atoms with Crippen LogP contribution >= 0.6 is 0 Å². The summed E-state index contributed by atoms with van der Waals surface area (Å²) in [5.74, 6) is -0.229. The Morgan fingerprint density at radius 2 is 2.64 bits per heavy atom. The van der Waals surface area contributed by atoms with Crippen LogP contribution in [0.25, 0.3) is 0 Å². The largest absolute Gasteiger partial charge is 0.438 e. The van der Waals surface area contributed by atoms with Crippen LogP contribution in [0.2, 0.25) is 0 Å². The van der Waals surface area contributed by atoms with Crippen molar-refractivity contribution in [1.29, 1.82) is 5.26 Å². The smallest absolute Gasteiger partial charge is 0.296 e. The van der Waals surface area contributed by atoms with Crippen LogP contribution in [0.1, 0.15) is 25.1 Å². The van der Waals surface area contributed by atoms with Crippen LogP contribution in [-0.2, 0) is 0 Å². The fraction of sp³-hybridized carbons (Fsp3) is 0.500. The number of nitrogens with one attached hydrogen (secondary N) is 1. The van der Waals surface area contributed by atoms with Gasteiger partial charge in [-0.2, -0.15) is 5.26 Å². The number of hydrogen-bond acceptors (Lipinski definition) is 4. The molecule has 0 fully saturated rings. The summed E-state index contributed by atoms with van der Waals surface area (Å²) < 4.78 is 4.26. The minimum Gasteiger partial charge on any atom is -0.296 e. The molecular weight excluding hydrogens is 146 g/mol. The summed E-state index contributed by atoms with van der Waals surface area (Å²) in [5, 5.41) is 11.7. The monoisotopic (exact) mass is 153 g/mol. The third-order valence-corrected chi connectivity index (χ3v) is 1.32. The van der Waals surface area contributed by atoms with Gasteiger partial charge in [-0.15, -0.1) is 0 Å². The Morgan fingerprint density at radius 1 is 1.91 bits per heavy atom. The lowest BCUT2D eigenvalue weighted by Gasteiger charge is -1.97. The molecule has 1 heterocycles. The molecule has 0 spiro atoms. The van der Waals surface area contributed by atoms with Crippen molar-refractivity contribution in [2.24, 2.45) is 0 Å². The summed E-state index contributed by atoms with van der Waals surface area (Å²) >= 11 is 0. The van der Waals surface area contributed by atoms with Crippen LogP contribution in [0.3, 0.4) is 0 Å². The van der Waals surface area contributed by atoms with E-state index in [9.17, 15) is 4.79 Å². The minimum atomic E-state index is -0.579. The Labute approximate surface area is 62.6 Å². The SMILES string of the molecule is CC(CC#N)c1noc(=O)[nH]1.